The maximum atomic E-state index is 10.5. The molecule has 0 aliphatic heterocycles. The molecule has 0 saturated heterocycles. The van der Waals surface area contributed by atoms with Crippen molar-refractivity contribution in [3.8, 4) is 0 Å². The highest BCUT2D eigenvalue weighted by Gasteiger charge is 2.04. The molecule has 1 aromatic carbocycles. The number of hydrogen-bond acceptors (Lipinski definition) is 4. The van der Waals surface area contributed by atoms with E-state index in [1.54, 1.807) is 30.6 Å². The SMILES string of the molecule is O=[N+]([O-])c1ccc(CNc2cnccc2Cl)cc1. The molecule has 5 nitrogen and oxygen atoms in total. The predicted octanol–water partition coefficient (Wildman–Crippen LogP) is 3.26. The lowest BCUT2D eigenvalue weighted by Crippen LogP contribution is -2.00. The lowest BCUT2D eigenvalue weighted by atomic mass is 10.2. The quantitative estimate of drug-likeness (QED) is 0.679. The first kappa shape index (κ1) is 12.3. The molecule has 0 aliphatic carbocycles. The van der Waals surface area contributed by atoms with Gasteiger partial charge in [0.05, 0.1) is 21.8 Å². The fourth-order valence-electron chi connectivity index (χ4n) is 1.44. The van der Waals surface area contributed by atoms with E-state index >= 15 is 0 Å². The number of aromatic nitrogens is 1. The molecule has 1 N–H and O–H groups in total. The molecule has 0 bridgehead atoms. The lowest BCUT2D eigenvalue weighted by molar-refractivity contribution is -0.384. The minimum absolute atomic E-state index is 0.0816. The van der Waals surface area contributed by atoms with Crippen LogP contribution in [0.4, 0.5) is 11.4 Å². The molecule has 1 heterocycles. The highest BCUT2D eigenvalue weighted by atomic mass is 35.5. The van der Waals surface area contributed by atoms with Gasteiger partial charge in [-0.2, -0.15) is 0 Å². The van der Waals surface area contributed by atoms with Gasteiger partial charge >= 0.3 is 0 Å². The van der Waals surface area contributed by atoms with E-state index in [1.165, 1.54) is 12.1 Å². The fourth-order valence-corrected chi connectivity index (χ4v) is 1.61. The molecule has 18 heavy (non-hydrogen) atoms. The first-order valence-corrected chi connectivity index (χ1v) is 5.61. The van der Waals surface area contributed by atoms with Crippen LogP contribution in [0.2, 0.25) is 5.02 Å². The third kappa shape index (κ3) is 2.95. The van der Waals surface area contributed by atoms with Gasteiger partial charge in [-0.25, -0.2) is 0 Å². The Bertz CT molecular complexity index is 558. The van der Waals surface area contributed by atoms with Crippen molar-refractivity contribution >= 4 is 23.0 Å². The standard InChI is InChI=1S/C12H10ClN3O2/c13-11-5-6-14-8-12(11)15-7-9-1-3-10(4-2-9)16(17)18/h1-6,8,15H,7H2. The van der Waals surface area contributed by atoms with Gasteiger partial charge in [0.2, 0.25) is 0 Å². The molecule has 92 valence electrons. The molecule has 0 spiro atoms. The van der Waals surface area contributed by atoms with Gasteiger partial charge in [0.1, 0.15) is 0 Å². The zero-order valence-corrected chi connectivity index (χ0v) is 10.1. The number of nitro groups is 1. The van der Waals surface area contributed by atoms with Crippen LogP contribution in [0.25, 0.3) is 0 Å². The van der Waals surface area contributed by atoms with Gasteiger partial charge in [-0.15, -0.1) is 0 Å². The number of benzene rings is 1. The van der Waals surface area contributed by atoms with Crippen molar-refractivity contribution in [2.24, 2.45) is 0 Å². The van der Waals surface area contributed by atoms with E-state index in [9.17, 15) is 10.1 Å². The van der Waals surface area contributed by atoms with Gasteiger partial charge < -0.3 is 5.32 Å². The third-order valence-electron chi connectivity index (χ3n) is 2.40. The van der Waals surface area contributed by atoms with Crippen LogP contribution in [0.3, 0.4) is 0 Å². The molecule has 0 fully saturated rings. The Balaban J connectivity index is 2.02. The highest BCUT2D eigenvalue weighted by Crippen LogP contribution is 2.20. The predicted molar refractivity (Wildman–Crippen MR) is 69.7 cm³/mol. The molecule has 0 radical (unpaired) electrons. The summed E-state index contributed by atoms with van der Waals surface area (Å²) in [5.74, 6) is 0. The Labute approximate surface area is 109 Å². The third-order valence-corrected chi connectivity index (χ3v) is 2.73. The van der Waals surface area contributed by atoms with E-state index in [1.807, 2.05) is 0 Å². The number of pyridine rings is 1. The van der Waals surface area contributed by atoms with Gasteiger partial charge in [0.15, 0.2) is 0 Å². The molecule has 0 aliphatic rings. The maximum absolute atomic E-state index is 10.5. The summed E-state index contributed by atoms with van der Waals surface area (Å²) in [5.41, 5.74) is 1.75. The van der Waals surface area contributed by atoms with Crippen LogP contribution in [0.1, 0.15) is 5.56 Å². The largest absolute Gasteiger partial charge is 0.379 e. The maximum Gasteiger partial charge on any atom is 0.269 e. The summed E-state index contributed by atoms with van der Waals surface area (Å²) in [6.45, 7) is 0.531. The zero-order chi connectivity index (χ0) is 13.0. The van der Waals surface area contributed by atoms with Gasteiger partial charge in [-0.05, 0) is 11.6 Å². The number of non-ortho nitro benzene ring substituents is 1. The summed E-state index contributed by atoms with van der Waals surface area (Å²) in [6.07, 6.45) is 3.24. The van der Waals surface area contributed by atoms with Crippen LogP contribution in [0.5, 0.6) is 0 Å². The van der Waals surface area contributed by atoms with Crippen molar-refractivity contribution in [3.63, 3.8) is 0 Å². The van der Waals surface area contributed by atoms with Crippen LogP contribution in [0.15, 0.2) is 42.7 Å². The zero-order valence-electron chi connectivity index (χ0n) is 9.34. The first-order chi connectivity index (χ1) is 8.66. The fraction of sp³-hybridized carbons (Fsp3) is 0.0833. The van der Waals surface area contributed by atoms with Crippen LogP contribution >= 0.6 is 11.6 Å². The smallest absolute Gasteiger partial charge is 0.269 e. The topological polar surface area (TPSA) is 68.1 Å². The lowest BCUT2D eigenvalue weighted by Gasteiger charge is -2.07. The summed E-state index contributed by atoms with van der Waals surface area (Å²) in [4.78, 5) is 14.0. The van der Waals surface area contributed by atoms with E-state index < -0.39 is 4.92 Å². The van der Waals surface area contributed by atoms with E-state index in [0.29, 0.717) is 11.6 Å². The van der Waals surface area contributed by atoms with Gasteiger partial charge in [-0.1, -0.05) is 23.7 Å². The molecule has 0 saturated carbocycles. The Morgan fingerprint density at radius 3 is 2.61 bits per heavy atom. The second kappa shape index (κ2) is 5.46. The van der Waals surface area contributed by atoms with Crippen molar-refractivity contribution in [3.05, 3.63) is 63.4 Å². The number of hydrogen-bond donors (Lipinski definition) is 1. The van der Waals surface area contributed by atoms with Crippen molar-refractivity contribution in [2.45, 2.75) is 6.54 Å². The molecule has 0 amide bonds. The average Bonchev–Trinajstić information content (AvgIpc) is 2.38. The van der Waals surface area contributed by atoms with Crippen molar-refractivity contribution in [2.75, 3.05) is 5.32 Å². The average molecular weight is 264 g/mol. The Morgan fingerprint density at radius 1 is 1.28 bits per heavy atom. The Hall–Kier alpha value is -2.14. The molecule has 2 rings (SSSR count). The summed E-state index contributed by atoms with van der Waals surface area (Å²) >= 11 is 5.97. The van der Waals surface area contributed by atoms with Crippen molar-refractivity contribution in [1.82, 2.24) is 4.98 Å². The number of halogens is 1. The van der Waals surface area contributed by atoms with Crippen molar-refractivity contribution < 1.29 is 4.92 Å². The van der Waals surface area contributed by atoms with Gasteiger partial charge in [0, 0.05) is 24.9 Å². The number of rotatable bonds is 4. The Kier molecular flexibility index (Phi) is 3.74. The van der Waals surface area contributed by atoms with Crippen LogP contribution in [0, 0.1) is 10.1 Å². The number of nitrogens with zero attached hydrogens (tertiary/aromatic N) is 2. The summed E-state index contributed by atoms with van der Waals surface area (Å²) < 4.78 is 0. The molecule has 0 atom stereocenters. The second-order valence-electron chi connectivity index (χ2n) is 3.63. The van der Waals surface area contributed by atoms with Crippen molar-refractivity contribution in [1.29, 1.82) is 0 Å². The monoisotopic (exact) mass is 263 g/mol. The van der Waals surface area contributed by atoms with E-state index in [-0.39, 0.29) is 5.69 Å². The molecular formula is C12H10ClN3O2. The molecule has 2 aromatic rings. The summed E-state index contributed by atoms with van der Waals surface area (Å²) in [5, 5.41) is 14.2. The molecule has 6 heteroatoms. The summed E-state index contributed by atoms with van der Waals surface area (Å²) in [6, 6.07) is 8.05. The van der Waals surface area contributed by atoms with E-state index in [2.05, 4.69) is 10.3 Å². The molecule has 0 unspecified atom stereocenters. The van der Waals surface area contributed by atoms with Crippen LogP contribution in [-0.4, -0.2) is 9.91 Å². The first-order valence-electron chi connectivity index (χ1n) is 5.23. The Morgan fingerprint density at radius 2 is 2.00 bits per heavy atom. The number of anilines is 1. The van der Waals surface area contributed by atoms with E-state index in [0.717, 1.165) is 11.3 Å². The van der Waals surface area contributed by atoms with Gasteiger partial charge in [-0.3, -0.25) is 15.1 Å². The molecule has 1 aromatic heterocycles. The number of nitrogens with one attached hydrogen (secondary N) is 1. The second-order valence-corrected chi connectivity index (χ2v) is 4.04. The summed E-state index contributed by atoms with van der Waals surface area (Å²) in [7, 11) is 0. The van der Waals surface area contributed by atoms with Gasteiger partial charge in [0.25, 0.3) is 5.69 Å². The van der Waals surface area contributed by atoms with Crippen LogP contribution in [-0.2, 0) is 6.54 Å². The normalized spacial score (nSPS) is 10.1. The molecular weight excluding hydrogens is 254 g/mol. The van der Waals surface area contributed by atoms with E-state index in [4.69, 9.17) is 11.6 Å². The van der Waals surface area contributed by atoms with Crippen LogP contribution < -0.4 is 5.32 Å². The highest BCUT2D eigenvalue weighted by molar-refractivity contribution is 6.33. The number of nitro benzene ring substituents is 1. The minimum Gasteiger partial charge on any atom is -0.379 e. The minimum atomic E-state index is -0.421.